The number of fused-ring (bicyclic) bond motifs is 1. The Morgan fingerprint density at radius 3 is 2.73 bits per heavy atom. The van der Waals surface area contributed by atoms with Crippen molar-refractivity contribution in [2.75, 3.05) is 25.5 Å². The molecule has 6 nitrogen and oxygen atoms in total. The molecule has 0 amide bonds. The third-order valence-corrected chi connectivity index (χ3v) is 6.81. The van der Waals surface area contributed by atoms with Crippen LogP contribution in [0.2, 0.25) is 0 Å². The largest absolute Gasteiger partial charge is 0.490 e. The van der Waals surface area contributed by atoms with Crippen LogP contribution in [0.3, 0.4) is 0 Å². The molecule has 7 heteroatoms. The summed E-state index contributed by atoms with van der Waals surface area (Å²) in [4.78, 5) is 6.91. The second kappa shape index (κ2) is 9.29. The quantitative estimate of drug-likeness (QED) is 0.406. The molecule has 0 radical (unpaired) electrons. The first kappa shape index (κ1) is 21.6. The van der Waals surface area contributed by atoms with Gasteiger partial charge in [0.2, 0.25) is 0 Å². The molecular weight excluding hydrogens is 430 g/mol. The average Bonchev–Trinajstić information content (AvgIpc) is 3.26. The Morgan fingerprint density at radius 2 is 1.94 bits per heavy atom. The van der Waals surface area contributed by atoms with Gasteiger partial charge in [-0.2, -0.15) is 0 Å². The van der Waals surface area contributed by atoms with E-state index in [0.29, 0.717) is 0 Å². The number of nitrogens with zero attached hydrogens (tertiary/aromatic N) is 4. The first-order valence-electron chi connectivity index (χ1n) is 11.2. The second-order valence-corrected chi connectivity index (χ2v) is 9.69. The highest BCUT2D eigenvalue weighted by Gasteiger charge is 2.18. The molecular formula is C26H27N5OS. The summed E-state index contributed by atoms with van der Waals surface area (Å²) in [6, 6.07) is 16.4. The van der Waals surface area contributed by atoms with Crippen molar-refractivity contribution in [2.45, 2.75) is 25.9 Å². The fraction of sp³-hybridized carbons (Fsp3) is 0.269. The number of benzene rings is 2. The van der Waals surface area contributed by atoms with Crippen LogP contribution in [-0.4, -0.2) is 46.3 Å². The van der Waals surface area contributed by atoms with Crippen molar-refractivity contribution >= 4 is 33.6 Å². The van der Waals surface area contributed by atoms with Gasteiger partial charge in [0.15, 0.2) is 0 Å². The molecule has 0 spiro atoms. The van der Waals surface area contributed by atoms with Gasteiger partial charge in [-0.1, -0.05) is 42.2 Å². The Bertz CT molecular complexity index is 1290. The van der Waals surface area contributed by atoms with Gasteiger partial charge in [0.05, 0.1) is 0 Å². The van der Waals surface area contributed by atoms with Crippen LogP contribution in [0.5, 0.6) is 5.75 Å². The standard InChI is InChI=1S/C26H27N5OS/c1-17(19-5-4-6-24(14-19)32-23-9-11-31(3)12-10-23)28-25-15-22-13-20(7-8-21(22)16-27-25)26-30-29-18(2)33-26/h4-8,13-16,23H,1,9-12H2,2-3H3,(H,27,28). The van der Waals surface area contributed by atoms with Gasteiger partial charge >= 0.3 is 0 Å². The summed E-state index contributed by atoms with van der Waals surface area (Å²) >= 11 is 1.59. The molecule has 2 aromatic carbocycles. The van der Waals surface area contributed by atoms with Crippen molar-refractivity contribution in [3.63, 3.8) is 0 Å². The first-order chi connectivity index (χ1) is 16.0. The molecule has 0 bridgehead atoms. The van der Waals surface area contributed by atoms with E-state index in [1.165, 1.54) is 0 Å². The number of pyridine rings is 1. The van der Waals surface area contributed by atoms with Gasteiger partial charge in [-0.3, -0.25) is 0 Å². The third-order valence-electron chi connectivity index (χ3n) is 5.92. The molecule has 1 fully saturated rings. The maximum atomic E-state index is 6.24. The summed E-state index contributed by atoms with van der Waals surface area (Å²) in [5.41, 5.74) is 2.83. The molecule has 0 aliphatic carbocycles. The minimum atomic E-state index is 0.269. The fourth-order valence-electron chi connectivity index (χ4n) is 4.03. The van der Waals surface area contributed by atoms with Gasteiger partial charge in [-0.05, 0) is 56.5 Å². The maximum Gasteiger partial charge on any atom is 0.147 e. The minimum absolute atomic E-state index is 0.269. The summed E-state index contributed by atoms with van der Waals surface area (Å²) < 4.78 is 6.24. The topological polar surface area (TPSA) is 63.2 Å². The monoisotopic (exact) mass is 457 g/mol. The van der Waals surface area contributed by atoms with E-state index in [0.717, 1.165) is 75.1 Å². The molecule has 2 aromatic heterocycles. The van der Waals surface area contributed by atoms with Crippen LogP contribution in [0.4, 0.5) is 5.82 Å². The lowest BCUT2D eigenvalue weighted by molar-refractivity contribution is 0.114. The number of aromatic nitrogens is 3. The van der Waals surface area contributed by atoms with E-state index in [1.807, 2.05) is 43.5 Å². The number of rotatable bonds is 6. The van der Waals surface area contributed by atoms with Crippen molar-refractivity contribution < 1.29 is 4.74 Å². The van der Waals surface area contributed by atoms with Gasteiger partial charge < -0.3 is 15.0 Å². The number of piperidine rings is 1. The van der Waals surface area contributed by atoms with Crippen molar-refractivity contribution in [2.24, 2.45) is 0 Å². The lowest BCUT2D eigenvalue weighted by atomic mass is 10.1. The number of hydrogen-bond acceptors (Lipinski definition) is 7. The van der Waals surface area contributed by atoms with Gasteiger partial charge in [0, 0.05) is 41.5 Å². The Kier molecular flexibility index (Phi) is 6.07. The van der Waals surface area contributed by atoms with E-state index in [4.69, 9.17) is 4.74 Å². The molecule has 1 aliphatic rings. The molecule has 3 heterocycles. The van der Waals surface area contributed by atoms with Crippen LogP contribution in [-0.2, 0) is 0 Å². The van der Waals surface area contributed by atoms with Crippen molar-refractivity contribution in [1.82, 2.24) is 20.1 Å². The normalized spacial score (nSPS) is 15.0. The second-order valence-electron chi connectivity index (χ2n) is 8.51. The number of hydrogen-bond donors (Lipinski definition) is 1. The molecule has 0 saturated carbocycles. The maximum absolute atomic E-state index is 6.24. The molecule has 5 rings (SSSR count). The summed E-state index contributed by atoms with van der Waals surface area (Å²) in [5.74, 6) is 1.63. The summed E-state index contributed by atoms with van der Waals surface area (Å²) in [6.45, 7) is 8.35. The lowest BCUT2D eigenvalue weighted by Gasteiger charge is -2.29. The number of anilines is 1. The fourth-order valence-corrected chi connectivity index (χ4v) is 4.72. The number of likely N-dealkylation sites (tertiary alicyclic amines) is 1. The molecule has 1 saturated heterocycles. The Morgan fingerprint density at radius 1 is 1.09 bits per heavy atom. The Hall–Kier alpha value is -3.29. The Labute approximate surface area is 198 Å². The number of nitrogens with one attached hydrogen (secondary N) is 1. The highest BCUT2D eigenvalue weighted by molar-refractivity contribution is 7.14. The van der Waals surface area contributed by atoms with Crippen molar-refractivity contribution in [1.29, 1.82) is 0 Å². The summed E-state index contributed by atoms with van der Waals surface area (Å²) in [5, 5.41) is 15.8. The van der Waals surface area contributed by atoms with Crippen LogP contribution in [0.25, 0.3) is 27.0 Å². The SMILES string of the molecule is C=C(Nc1cc2cc(-c3nnc(C)s3)ccc2cn1)c1cccc(OC2CCN(C)CC2)c1. The zero-order chi connectivity index (χ0) is 22.8. The van der Waals surface area contributed by atoms with E-state index in [1.54, 1.807) is 11.3 Å². The van der Waals surface area contributed by atoms with Crippen molar-refractivity contribution in [3.8, 4) is 16.3 Å². The predicted molar refractivity (Wildman–Crippen MR) is 136 cm³/mol. The molecule has 1 aliphatic heterocycles. The van der Waals surface area contributed by atoms with E-state index in [2.05, 4.69) is 57.2 Å². The van der Waals surface area contributed by atoms with Gasteiger partial charge in [-0.15, -0.1) is 10.2 Å². The lowest BCUT2D eigenvalue weighted by Crippen LogP contribution is -2.35. The van der Waals surface area contributed by atoms with Gasteiger partial charge in [-0.25, -0.2) is 4.98 Å². The molecule has 4 aromatic rings. The molecule has 1 N–H and O–H groups in total. The van der Waals surface area contributed by atoms with E-state index < -0.39 is 0 Å². The summed E-state index contributed by atoms with van der Waals surface area (Å²) in [6.07, 6.45) is 4.25. The highest BCUT2D eigenvalue weighted by Crippen LogP contribution is 2.29. The van der Waals surface area contributed by atoms with Crippen LogP contribution in [0.1, 0.15) is 23.4 Å². The van der Waals surface area contributed by atoms with Crippen LogP contribution < -0.4 is 10.1 Å². The summed E-state index contributed by atoms with van der Waals surface area (Å²) in [7, 11) is 2.16. The van der Waals surface area contributed by atoms with Crippen LogP contribution >= 0.6 is 11.3 Å². The highest BCUT2D eigenvalue weighted by atomic mass is 32.1. The molecule has 168 valence electrons. The van der Waals surface area contributed by atoms with E-state index in [-0.39, 0.29) is 6.10 Å². The van der Waals surface area contributed by atoms with E-state index >= 15 is 0 Å². The van der Waals surface area contributed by atoms with Crippen molar-refractivity contribution in [3.05, 3.63) is 71.9 Å². The van der Waals surface area contributed by atoms with Crippen LogP contribution in [0, 0.1) is 6.92 Å². The average molecular weight is 458 g/mol. The number of aryl methyl sites for hydroxylation is 1. The van der Waals surface area contributed by atoms with E-state index in [9.17, 15) is 0 Å². The first-order valence-corrected chi connectivity index (χ1v) is 12.0. The zero-order valence-corrected chi connectivity index (χ0v) is 19.7. The zero-order valence-electron chi connectivity index (χ0n) is 18.9. The van der Waals surface area contributed by atoms with Gasteiger partial charge in [0.25, 0.3) is 0 Å². The smallest absolute Gasteiger partial charge is 0.147 e. The van der Waals surface area contributed by atoms with Gasteiger partial charge in [0.1, 0.15) is 27.7 Å². The third kappa shape index (κ3) is 5.05. The van der Waals surface area contributed by atoms with Crippen LogP contribution in [0.15, 0.2) is 61.3 Å². The minimum Gasteiger partial charge on any atom is -0.490 e. The number of ether oxygens (including phenoxy) is 1. The predicted octanol–water partition coefficient (Wildman–Crippen LogP) is 5.62. The molecule has 0 unspecified atom stereocenters. The Balaban J connectivity index is 1.31. The molecule has 33 heavy (non-hydrogen) atoms. The molecule has 0 atom stereocenters.